The quantitative estimate of drug-likeness (QED) is 0.933. The van der Waals surface area contributed by atoms with E-state index in [1.807, 2.05) is 11.8 Å². The maximum absolute atomic E-state index is 6.07. The number of benzene rings is 1. The first-order valence-corrected chi connectivity index (χ1v) is 8.43. The van der Waals surface area contributed by atoms with Gasteiger partial charge in [-0.2, -0.15) is 11.8 Å². The normalized spacial score (nSPS) is 15.0. The Balaban J connectivity index is 1.79. The Hall–Kier alpha value is -1.46. The van der Waals surface area contributed by atoms with Crippen LogP contribution in [0, 0.1) is 6.92 Å². The van der Waals surface area contributed by atoms with Gasteiger partial charge in [0.2, 0.25) is 0 Å². The van der Waals surface area contributed by atoms with E-state index >= 15 is 0 Å². The van der Waals surface area contributed by atoms with Crippen LogP contribution in [-0.2, 0) is 0 Å². The van der Waals surface area contributed by atoms with Crippen LogP contribution in [0.4, 0.5) is 17.2 Å². The zero-order chi connectivity index (χ0) is 14.7. The number of aromatic nitrogens is 2. The molecule has 0 amide bonds. The van der Waals surface area contributed by atoms with Gasteiger partial charge in [-0.15, -0.1) is 0 Å². The number of halogens is 1. The van der Waals surface area contributed by atoms with E-state index in [-0.39, 0.29) is 0 Å². The fourth-order valence-electron chi connectivity index (χ4n) is 2.43. The smallest absolute Gasteiger partial charge is 0.152 e. The van der Waals surface area contributed by atoms with Crippen LogP contribution < -0.4 is 10.2 Å². The topological polar surface area (TPSA) is 41.1 Å². The molecule has 1 aromatic carbocycles. The fraction of sp³-hybridized carbons (Fsp3) is 0.333. The lowest BCUT2D eigenvalue weighted by Crippen LogP contribution is -2.32. The number of aryl methyl sites for hydroxylation is 1. The molecule has 0 bridgehead atoms. The third kappa shape index (κ3) is 3.41. The summed E-state index contributed by atoms with van der Waals surface area (Å²) in [6.07, 6.45) is 3.07. The van der Waals surface area contributed by atoms with Gasteiger partial charge in [-0.05, 0) is 30.7 Å². The molecule has 0 aliphatic carbocycles. The van der Waals surface area contributed by atoms with Crippen LogP contribution in [0.1, 0.15) is 5.56 Å². The van der Waals surface area contributed by atoms with Gasteiger partial charge < -0.3 is 10.2 Å². The van der Waals surface area contributed by atoms with Crippen LogP contribution in [0.2, 0.25) is 5.02 Å². The Morgan fingerprint density at radius 3 is 2.81 bits per heavy atom. The van der Waals surface area contributed by atoms with E-state index in [9.17, 15) is 0 Å². The monoisotopic (exact) mass is 320 g/mol. The number of hydrogen-bond donors (Lipinski definition) is 1. The number of anilines is 3. The van der Waals surface area contributed by atoms with E-state index in [1.165, 1.54) is 29.1 Å². The van der Waals surface area contributed by atoms with Crippen molar-refractivity contribution in [2.75, 3.05) is 34.8 Å². The molecule has 1 aliphatic heterocycles. The van der Waals surface area contributed by atoms with Crippen LogP contribution >= 0.6 is 23.4 Å². The maximum Gasteiger partial charge on any atom is 0.152 e. The number of nitrogens with zero attached hydrogens (tertiary/aromatic N) is 3. The molecule has 6 heteroatoms. The molecule has 0 unspecified atom stereocenters. The third-order valence-electron chi connectivity index (χ3n) is 3.48. The summed E-state index contributed by atoms with van der Waals surface area (Å²) in [6.45, 7) is 4.38. The second-order valence-corrected chi connectivity index (χ2v) is 6.58. The molecule has 110 valence electrons. The molecular formula is C15H17ClN4S. The molecular weight excluding hydrogens is 304 g/mol. The predicted molar refractivity (Wildman–Crippen MR) is 91.0 cm³/mol. The van der Waals surface area contributed by atoms with E-state index in [0.29, 0.717) is 10.8 Å². The van der Waals surface area contributed by atoms with Crippen LogP contribution in [0.25, 0.3) is 0 Å². The number of hydrogen-bond acceptors (Lipinski definition) is 5. The van der Waals surface area contributed by atoms with Crippen LogP contribution in [0.5, 0.6) is 0 Å². The average molecular weight is 321 g/mol. The van der Waals surface area contributed by atoms with Gasteiger partial charge in [-0.3, -0.25) is 0 Å². The summed E-state index contributed by atoms with van der Waals surface area (Å²) in [5.41, 5.74) is 3.56. The summed E-state index contributed by atoms with van der Waals surface area (Å²) >= 11 is 8.09. The first-order chi connectivity index (χ1) is 10.2. The van der Waals surface area contributed by atoms with Crippen molar-refractivity contribution in [1.29, 1.82) is 0 Å². The summed E-state index contributed by atoms with van der Waals surface area (Å²) in [5, 5.41) is 3.76. The Kier molecular flexibility index (Phi) is 4.51. The van der Waals surface area contributed by atoms with Crippen LogP contribution in [0.15, 0.2) is 30.7 Å². The SMILES string of the molecule is Cc1cc(Nc2ncncc2Cl)ccc1N1CCSCC1. The highest BCUT2D eigenvalue weighted by Crippen LogP contribution is 2.28. The first-order valence-electron chi connectivity index (χ1n) is 6.90. The number of rotatable bonds is 3. The highest BCUT2D eigenvalue weighted by atomic mass is 35.5. The minimum absolute atomic E-state index is 0.521. The van der Waals surface area contributed by atoms with Crippen molar-refractivity contribution in [3.8, 4) is 0 Å². The van der Waals surface area contributed by atoms with Gasteiger partial charge >= 0.3 is 0 Å². The highest BCUT2D eigenvalue weighted by molar-refractivity contribution is 7.99. The predicted octanol–water partition coefficient (Wildman–Crippen LogP) is 3.74. The Morgan fingerprint density at radius 2 is 2.10 bits per heavy atom. The first kappa shape index (κ1) is 14.5. The molecule has 0 atom stereocenters. The van der Waals surface area contributed by atoms with Crippen molar-refractivity contribution in [3.05, 3.63) is 41.3 Å². The Labute approximate surface area is 133 Å². The molecule has 1 aliphatic rings. The second kappa shape index (κ2) is 6.54. The molecule has 1 fully saturated rings. The molecule has 3 rings (SSSR count). The van der Waals surface area contributed by atoms with Gasteiger partial charge in [0.05, 0.1) is 6.20 Å². The van der Waals surface area contributed by atoms with Gasteiger partial charge in [-0.25, -0.2) is 9.97 Å². The van der Waals surface area contributed by atoms with Gasteiger partial charge in [0, 0.05) is 36.0 Å². The van der Waals surface area contributed by atoms with E-state index in [4.69, 9.17) is 11.6 Å². The van der Waals surface area contributed by atoms with Crippen molar-refractivity contribution in [3.63, 3.8) is 0 Å². The Bertz CT molecular complexity index is 629. The van der Waals surface area contributed by atoms with Crippen molar-refractivity contribution < 1.29 is 0 Å². The fourth-order valence-corrected chi connectivity index (χ4v) is 3.49. The maximum atomic E-state index is 6.07. The molecule has 2 aromatic rings. The van der Waals surface area contributed by atoms with E-state index in [2.05, 4.69) is 45.3 Å². The lowest BCUT2D eigenvalue weighted by molar-refractivity contribution is 0.854. The molecule has 1 saturated heterocycles. The summed E-state index contributed by atoms with van der Waals surface area (Å²) < 4.78 is 0. The van der Waals surface area contributed by atoms with E-state index in [0.717, 1.165) is 18.8 Å². The highest BCUT2D eigenvalue weighted by Gasteiger charge is 2.13. The molecule has 0 saturated carbocycles. The molecule has 1 N–H and O–H groups in total. The minimum Gasteiger partial charge on any atom is -0.370 e. The summed E-state index contributed by atoms with van der Waals surface area (Å²) in [4.78, 5) is 10.5. The zero-order valence-electron chi connectivity index (χ0n) is 11.8. The van der Waals surface area contributed by atoms with Crippen LogP contribution in [-0.4, -0.2) is 34.6 Å². The molecule has 0 radical (unpaired) electrons. The van der Waals surface area contributed by atoms with Crippen molar-refractivity contribution in [1.82, 2.24) is 9.97 Å². The van der Waals surface area contributed by atoms with Gasteiger partial charge in [0.25, 0.3) is 0 Å². The lowest BCUT2D eigenvalue weighted by atomic mass is 10.1. The van der Waals surface area contributed by atoms with Crippen LogP contribution in [0.3, 0.4) is 0 Å². The molecule has 2 heterocycles. The Morgan fingerprint density at radius 1 is 1.29 bits per heavy atom. The molecule has 0 spiro atoms. The largest absolute Gasteiger partial charge is 0.370 e. The minimum atomic E-state index is 0.521. The second-order valence-electron chi connectivity index (χ2n) is 4.94. The molecule has 4 nitrogen and oxygen atoms in total. The zero-order valence-corrected chi connectivity index (χ0v) is 13.4. The van der Waals surface area contributed by atoms with Gasteiger partial charge in [-0.1, -0.05) is 11.6 Å². The number of thioether (sulfide) groups is 1. The lowest BCUT2D eigenvalue weighted by Gasteiger charge is -2.30. The van der Waals surface area contributed by atoms with E-state index < -0.39 is 0 Å². The van der Waals surface area contributed by atoms with Gasteiger partial charge in [0.15, 0.2) is 5.82 Å². The standard InChI is InChI=1S/C15H17ClN4S/c1-11-8-12(19-15-13(16)9-17-10-18-15)2-3-14(11)20-4-6-21-7-5-20/h2-3,8-10H,4-7H2,1H3,(H,17,18,19). The van der Waals surface area contributed by atoms with E-state index in [1.54, 1.807) is 6.20 Å². The summed E-state index contributed by atoms with van der Waals surface area (Å²) in [7, 11) is 0. The number of nitrogens with one attached hydrogen (secondary N) is 1. The van der Waals surface area contributed by atoms with Crippen molar-refractivity contribution in [2.45, 2.75) is 6.92 Å². The third-order valence-corrected chi connectivity index (χ3v) is 4.70. The summed E-state index contributed by atoms with van der Waals surface area (Å²) in [5.74, 6) is 3.04. The van der Waals surface area contributed by atoms with Crippen molar-refractivity contribution in [2.24, 2.45) is 0 Å². The average Bonchev–Trinajstić information content (AvgIpc) is 2.51. The van der Waals surface area contributed by atoms with Crippen molar-refractivity contribution >= 4 is 40.6 Å². The van der Waals surface area contributed by atoms with Gasteiger partial charge in [0.1, 0.15) is 11.3 Å². The molecule has 1 aromatic heterocycles. The molecule has 21 heavy (non-hydrogen) atoms. The summed E-state index contributed by atoms with van der Waals surface area (Å²) in [6, 6.07) is 6.38.